The highest BCUT2D eigenvalue weighted by molar-refractivity contribution is 5.81. The Balaban J connectivity index is 2.35. The molecule has 1 N–H and O–H groups in total. The summed E-state index contributed by atoms with van der Waals surface area (Å²) in [6, 6.07) is 8.17. The van der Waals surface area contributed by atoms with Crippen LogP contribution >= 0.6 is 0 Å². The second-order valence-electron chi connectivity index (χ2n) is 4.24. The van der Waals surface area contributed by atoms with Crippen molar-refractivity contribution in [1.82, 2.24) is 4.57 Å². The smallest absolute Gasteiger partial charge is 0.303 e. The lowest BCUT2D eigenvalue weighted by atomic mass is 9.97. The van der Waals surface area contributed by atoms with E-state index >= 15 is 0 Å². The highest BCUT2D eigenvalue weighted by Crippen LogP contribution is 2.24. The highest BCUT2D eigenvalue weighted by Gasteiger charge is 2.10. The van der Waals surface area contributed by atoms with E-state index in [0.717, 1.165) is 10.9 Å². The zero-order valence-corrected chi connectivity index (χ0v) is 9.47. The minimum atomic E-state index is -0.749. The first kappa shape index (κ1) is 10.7. The Morgan fingerprint density at radius 2 is 2.19 bits per heavy atom. The molecule has 0 saturated heterocycles. The fourth-order valence-electron chi connectivity index (χ4n) is 1.99. The molecule has 0 radical (unpaired) electrons. The number of hydrogen-bond donors (Lipinski definition) is 1. The van der Waals surface area contributed by atoms with E-state index in [1.165, 1.54) is 5.52 Å². The number of benzene rings is 1. The topological polar surface area (TPSA) is 42.2 Å². The molecule has 1 unspecified atom stereocenters. The molecule has 1 atom stereocenters. The third-order valence-electron chi connectivity index (χ3n) is 2.96. The number of carboxylic acid groups (broad SMARTS) is 1. The number of carboxylic acids is 1. The lowest BCUT2D eigenvalue weighted by Crippen LogP contribution is -2.02. The maximum atomic E-state index is 10.6. The molecular weight excluding hydrogens is 202 g/mol. The van der Waals surface area contributed by atoms with Crippen LogP contribution in [0.4, 0.5) is 0 Å². The fraction of sp³-hybridized carbons (Fsp3) is 0.308. The number of nitrogens with zero attached hydrogens (tertiary/aromatic N) is 1. The van der Waals surface area contributed by atoms with Crippen LogP contribution in [0.25, 0.3) is 10.9 Å². The molecule has 1 aromatic carbocycles. The SMILES string of the molecule is CC(CC(=O)O)c1ccc2c(ccn2C)c1. The molecule has 1 heterocycles. The van der Waals surface area contributed by atoms with Gasteiger partial charge in [-0.15, -0.1) is 0 Å². The number of hydrogen-bond acceptors (Lipinski definition) is 1. The molecule has 0 fully saturated rings. The van der Waals surface area contributed by atoms with Gasteiger partial charge in [0, 0.05) is 18.8 Å². The van der Waals surface area contributed by atoms with Gasteiger partial charge in [-0.1, -0.05) is 13.0 Å². The average Bonchev–Trinajstić information content (AvgIpc) is 2.59. The summed E-state index contributed by atoms with van der Waals surface area (Å²) in [5.74, 6) is -0.692. The van der Waals surface area contributed by atoms with Crippen molar-refractivity contribution in [3.05, 3.63) is 36.0 Å². The summed E-state index contributed by atoms with van der Waals surface area (Å²) >= 11 is 0. The number of rotatable bonds is 3. The molecular formula is C13H15NO2. The molecule has 1 aromatic heterocycles. The third-order valence-corrected chi connectivity index (χ3v) is 2.96. The van der Waals surface area contributed by atoms with Crippen molar-refractivity contribution in [1.29, 1.82) is 0 Å². The Morgan fingerprint density at radius 3 is 2.88 bits per heavy atom. The minimum absolute atomic E-state index is 0.0575. The van der Waals surface area contributed by atoms with Crippen molar-refractivity contribution in [2.75, 3.05) is 0 Å². The van der Waals surface area contributed by atoms with Gasteiger partial charge in [0.25, 0.3) is 0 Å². The number of aromatic nitrogens is 1. The van der Waals surface area contributed by atoms with Crippen molar-refractivity contribution in [3.63, 3.8) is 0 Å². The van der Waals surface area contributed by atoms with Gasteiger partial charge in [-0.2, -0.15) is 0 Å². The van der Waals surface area contributed by atoms with Gasteiger partial charge in [0.15, 0.2) is 0 Å². The predicted molar refractivity (Wildman–Crippen MR) is 63.6 cm³/mol. The lowest BCUT2D eigenvalue weighted by molar-refractivity contribution is -0.137. The second kappa shape index (κ2) is 4.00. The van der Waals surface area contributed by atoms with E-state index in [4.69, 9.17) is 5.11 Å². The second-order valence-corrected chi connectivity index (χ2v) is 4.24. The molecule has 16 heavy (non-hydrogen) atoms. The van der Waals surface area contributed by atoms with Crippen molar-refractivity contribution < 1.29 is 9.90 Å². The van der Waals surface area contributed by atoms with Gasteiger partial charge in [-0.3, -0.25) is 4.79 Å². The van der Waals surface area contributed by atoms with E-state index in [1.807, 2.05) is 38.4 Å². The Labute approximate surface area is 94.3 Å². The zero-order chi connectivity index (χ0) is 11.7. The Kier molecular flexibility index (Phi) is 2.69. The van der Waals surface area contributed by atoms with Crippen molar-refractivity contribution >= 4 is 16.9 Å². The van der Waals surface area contributed by atoms with Gasteiger partial charge in [0.1, 0.15) is 0 Å². The molecule has 0 saturated carbocycles. The van der Waals surface area contributed by atoms with Crippen molar-refractivity contribution in [2.24, 2.45) is 7.05 Å². The van der Waals surface area contributed by atoms with Crippen LogP contribution in [0.5, 0.6) is 0 Å². The van der Waals surface area contributed by atoms with Crippen LogP contribution in [0, 0.1) is 0 Å². The summed E-state index contributed by atoms with van der Waals surface area (Å²) in [6.45, 7) is 1.94. The minimum Gasteiger partial charge on any atom is -0.481 e. The summed E-state index contributed by atoms with van der Waals surface area (Å²) in [6.07, 6.45) is 2.19. The first-order chi connectivity index (χ1) is 7.58. The molecule has 3 heteroatoms. The zero-order valence-electron chi connectivity index (χ0n) is 9.47. The molecule has 0 spiro atoms. The summed E-state index contributed by atoms with van der Waals surface area (Å²) in [5, 5.41) is 9.92. The Morgan fingerprint density at radius 1 is 1.44 bits per heavy atom. The van der Waals surface area contributed by atoms with Crippen LogP contribution in [0.1, 0.15) is 24.8 Å². The molecule has 0 aliphatic heterocycles. The maximum Gasteiger partial charge on any atom is 0.303 e. The van der Waals surface area contributed by atoms with Crippen LogP contribution < -0.4 is 0 Å². The maximum absolute atomic E-state index is 10.6. The molecule has 0 amide bonds. The van der Waals surface area contributed by atoms with Crippen molar-refractivity contribution in [2.45, 2.75) is 19.3 Å². The normalized spacial score (nSPS) is 12.9. The fourth-order valence-corrected chi connectivity index (χ4v) is 1.99. The van der Waals surface area contributed by atoms with Crippen LogP contribution in [-0.4, -0.2) is 15.6 Å². The van der Waals surface area contributed by atoms with E-state index in [2.05, 4.69) is 10.6 Å². The lowest BCUT2D eigenvalue weighted by Gasteiger charge is -2.09. The number of aryl methyl sites for hydroxylation is 1. The van der Waals surface area contributed by atoms with Gasteiger partial charge in [0.05, 0.1) is 6.42 Å². The van der Waals surface area contributed by atoms with Gasteiger partial charge in [0.2, 0.25) is 0 Å². The van der Waals surface area contributed by atoms with E-state index in [0.29, 0.717) is 0 Å². The van der Waals surface area contributed by atoms with E-state index < -0.39 is 5.97 Å². The molecule has 0 bridgehead atoms. The molecule has 2 rings (SSSR count). The van der Waals surface area contributed by atoms with E-state index in [9.17, 15) is 4.79 Å². The number of carbonyl (C=O) groups is 1. The van der Waals surface area contributed by atoms with Gasteiger partial charge in [-0.25, -0.2) is 0 Å². The summed E-state index contributed by atoms with van der Waals surface area (Å²) in [4.78, 5) is 10.6. The first-order valence-electron chi connectivity index (χ1n) is 5.34. The third kappa shape index (κ3) is 1.94. The van der Waals surface area contributed by atoms with Crippen LogP contribution in [0.2, 0.25) is 0 Å². The Bertz CT molecular complexity index is 528. The number of aliphatic carboxylic acids is 1. The standard InChI is InChI=1S/C13H15NO2/c1-9(7-13(15)16)10-3-4-12-11(8-10)5-6-14(12)2/h3-6,8-9H,7H2,1-2H3,(H,15,16). The number of fused-ring (bicyclic) bond motifs is 1. The monoisotopic (exact) mass is 217 g/mol. The van der Waals surface area contributed by atoms with Crippen molar-refractivity contribution in [3.8, 4) is 0 Å². The average molecular weight is 217 g/mol. The summed E-state index contributed by atoms with van der Waals surface area (Å²) in [7, 11) is 2.00. The molecule has 2 aromatic rings. The van der Waals surface area contributed by atoms with Crippen LogP contribution in [0.3, 0.4) is 0 Å². The van der Waals surface area contributed by atoms with Crippen LogP contribution in [0.15, 0.2) is 30.5 Å². The molecule has 0 aliphatic carbocycles. The summed E-state index contributed by atoms with van der Waals surface area (Å²) in [5.41, 5.74) is 2.26. The predicted octanol–water partition coefficient (Wildman–Crippen LogP) is 2.76. The van der Waals surface area contributed by atoms with Gasteiger partial charge in [-0.05, 0) is 35.1 Å². The summed E-state index contributed by atoms with van der Waals surface area (Å²) < 4.78 is 2.06. The van der Waals surface area contributed by atoms with Gasteiger partial charge >= 0.3 is 5.97 Å². The largest absolute Gasteiger partial charge is 0.481 e. The Hall–Kier alpha value is -1.77. The first-order valence-corrected chi connectivity index (χ1v) is 5.34. The van der Waals surface area contributed by atoms with Gasteiger partial charge < -0.3 is 9.67 Å². The molecule has 84 valence electrons. The molecule has 3 nitrogen and oxygen atoms in total. The highest BCUT2D eigenvalue weighted by atomic mass is 16.4. The quantitative estimate of drug-likeness (QED) is 0.859. The van der Waals surface area contributed by atoms with Crippen LogP contribution in [-0.2, 0) is 11.8 Å². The van der Waals surface area contributed by atoms with E-state index in [-0.39, 0.29) is 12.3 Å². The molecule has 0 aliphatic rings. The van der Waals surface area contributed by atoms with E-state index in [1.54, 1.807) is 0 Å².